The van der Waals surface area contributed by atoms with Crippen molar-refractivity contribution >= 4 is 5.97 Å². The van der Waals surface area contributed by atoms with Crippen LogP contribution in [0.2, 0.25) is 0 Å². The molecule has 2 saturated heterocycles. The molecule has 0 amide bonds. The molecule has 5 fully saturated rings. The second-order valence-corrected chi connectivity index (χ2v) is 12.2. The number of nitrogens with zero attached hydrogens (tertiary/aromatic N) is 2. The van der Waals surface area contributed by atoms with Crippen LogP contribution in [-0.4, -0.2) is 60.1 Å². The van der Waals surface area contributed by atoms with Crippen molar-refractivity contribution in [3.8, 4) is 0 Å². The molecule has 2 heterocycles. The molecule has 3 saturated carbocycles. The Morgan fingerprint density at radius 3 is 1.92 bits per heavy atom. The summed E-state index contributed by atoms with van der Waals surface area (Å²) in [6.45, 7) is 5.78. The van der Waals surface area contributed by atoms with E-state index in [4.69, 9.17) is 4.74 Å². The number of hydrogen-bond donors (Lipinski definition) is 0. The molecule has 4 heteroatoms. The Kier molecular flexibility index (Phi) is 7.67. The Hall–Kier alpha value is -2.17. The number of carbonyl (C=O) groups is 1. The van der Waals surface area contributed by atoms with Crippen LogP contribution in [0.15, 0.2) is 60.7 Å². The summed E-state index contributed by atoms with van der Waals surface area (Å²) in [6, 6.07) is 22.2. The van der Waals surface area contributed by atoms with Crippen LogP contribution in [-0.2, 0) is 9.53 Å². The zero-order valence-electron chi connectivity index (χ0n) is 22.4. The number of ether oxygens (including phenoxy) is 1. The smallest absolute Gasteiger partial charge is 0.306 e. The van der Waals surface area contributed by atoms with Gasteiger partial charge in [-0.25, -0.2) is 0 Å². The van der Waals surface area contributed by atoms with Crippen LogP contribution in [0.4, 0.5) is 0 Å². The first-order chi connectivity index (χ1) is 18.2. The zero-order chi connectivity index (χ0) is 25.1. The number of fused-ring (bicyclic) bond motifs is 3. The molecule has 7 rings (SSSR count). The fourth-order valence-corrected chi connectivity index (χ4v) is 8.29. The third kappa shape index (κ3) is 5.38. The Bertz CT molecular complexity index is 964. The van der Waals surface area contributed by atoms with Gasteiger partial charge in [0.25, 0.3) is 0 Å². The molecular weight excluding hydrogens is 456 g/mol. The highest BCUT2D eigenvalue weighted by molar-refractivity contribution is 5.69. The third-order valence-electron chi connectivity index (χ3n) is 9.96. The number of likely N-dealkylation sites (tertiary alicyclic amines) is 2. The molecule has 3 unspecified atom stereocenters. The standard InChI is InChI=1S/C33H44N2O2/c36-31(17-12-20-34-18-8-3-9-19-34)37-30-25-33(35-21-10-11-22-35)23-28(26-13-4-1-5-14-26)32(30)29(24-33)27-15-6-2-7-16-27/h1-2,4-7,13-16,28-30,32H,3,8-12,17-25H2. The van der Waals surface area contributed by atoms with E-state index >= 15 is 0 Å². The Balaban J connectivity index is 1.26. The summed E-state index contributed by atoms with van der Waals surface area (Å²) in [5, 5.41) is 0. The van der Waals surface area contributed by atoms with Crippen molar-refractivity contribution in [1.29, 1.82) is 0 Å². The summed E-state index contributed by atoms with van der Waals surface area (Å²) < 4.78 is 6.52. The zero-order valence-corrected chi connectivity index (χ0v) is 22.4. The van der Waals surface area contributed by atoms with E-state index in [1.807, 2.05) is 0 Å². The summed E-state index contributed by atoms with van der Waals surface area (Å²) >= 11 is 0. The molecule has 0 radical (unpaired) electrons. The van der Waals surface area contributed by atoms with Gasteiger partial charge in [-0.05, 0) is 101 Å². The largest absolute Gasteiger partial charge is 0.462 e. The van der Waals surface area contributed by atoms with Gasteiger partial charge in [-0.1, -0.05) is 67.1 Å². The molecule has 5 aliphatic rings. The number of rotatable bonds is 8. The van der Waals surface area contributed by atoms with Crippen molar-refractivity contribution in [1.82, 2.24) is 9.80 Å². The Morgan fingerprint density at radius 1 is 0.757 bits per heavy atom. The SMILES string of the molecule is O=C(CCCN1CCCCC1)OC1CC2(N3CCCC3)CC(c3ccccc3)C1C(c1ccccc1)C2. The van der Waals surface area contributed by atoms with Crippen LogP contribution in [0, 0.1) is 5.92 Å². The minimum absolute atomic E-state index is 0.0130. The van der Waals surface area contributed by atoms with E-state index in [2.05, 4.69) is 70.5 Å². The molecule has 4 nitrogen and oxygen atoms in total. The first-order valence-corrected chi connectivity index (χ1v) is 15.0. The average molecular weight is 501 g/mol. The van der Waals surface area contributed by atoms with Gasteiger partial charge in [0.1, 0.15) is 6.10 Å². The summed E-state index contributed by atoms with van der Waals surface area (Å²) in [6.07, 6.45) is 11.4. The molecule has 2 aliphatic heterocycles. The summed E-state index contributed by atoms with van der Waals surface area (Å²) in [5.74, 6) is 1.19. The first-order valence-electron chi connectivity index (χ1n) is 15.0. The van der Waals surface area contributed by atoms with E-state index in [9.17, 15) is 4.79 Å². The number of piperidine rings is 1. The molecule has 3 aliphatic carbocycles. The summed E-state index contributed by atoms with van der Waals surface area (Å²) in [5.41, 5.74) is 2.95. The van der Waals surface area contributed by atoms with Crippen molar-refractivity contribution in [3.63, 3.8) is 0 Å². The minimum atomic E-state index is -0.0130. The molecule has 37 heavy (non-hydrogen) atoms. The Labute approximate surface area is 223 Å². The lowest BCUT2D eigenvalue weighted by Gasteiger charge is -2.61. The predicted octanol–water partition coefficient (Wildman–Crippen LogP) is 6.38. The normalized spacial score (nSPS) is 32.4. The van der Waals surface area contributed by atoms with Crippen LogP contribution in [0.25, 0.3) is 0 Å². The van der Waals surface area contributed by atoms with Gasteiger partial charge in [0.05, 0.1) is 0 Å². The quantitative estimate of drug-likeness (QED) is 0.394. The van der Waals surface area contributed by atoms with Gasteiger partial charge in [0.2, 0.25) is 0 Å². The van der Waals surface area contributed by atoms with Gasteiger partial charge in [-0.2, -0.15) is 0 Å². The number of benzene rings is 2. The van der Waals surface area contributed by atoms with Gasteiger partial charge >= 0.3 is 5.97 Å². The van der Waals surface area contributed by atoms with Gasteiger partial charge in [0.15, 0.2) is 0 Å². The molecule has 2 bridgehead atoms. The summed E-state index contributed by atoms with van der Waals surface area (Å²) in [4.78, 5) is 18.6. The highest BCUT2D eigenvalue weighted by Crippen LogP contribution is 2.61. The monoisotopic (exact) mass is 500 g/mol. The minimum Gasteiger partial charge on any atom is -0.462 e. The van der Waals surface area contributed by atoms with E-state index in [1.165, 1.54) is 82.3 Å². The van der Waals surface area contributed by atoms with Gasteiger partial charge in [0, 0.05) is 24.3 Å². The highest BCUT2D eigenvalue weighted by Gasteiger charge is 2.59. The second-order valence-electron chi connectivity index (χ2n) is 12.2. The fraction of sp³-hybridized carbons (Fsp3) is 0.606. The van der Waals surface area contributed by atoms with E-state index < -0.39 is 0 Å². The average Bonchev–Trinajstić information content (AvgIpc) is 3.51. The Morgan fingerprint density at radius 2 is 1.32 bits per heavy atom. The maximum atomic E-state index is 13.3. The lowest BCUT2D eigenvalue weighted by Crippen LogP contribution is -2.62. The second kappa shape index (κ2) is 11.3. The van der Waals surface area contributed by atoms with Crippen molar-refractivity contribution in [3.05, 3.63) is 71.8 Å². The molecule has 0 spiro atoms. The number of hydrogen-bond acceptors (Lipinski definition) is 4. The lowest BCUT2D eigenvalue weighted by atomic mass is 9.51. The molecule has 3 atom stereocenters. The van der Waals surface area contributed by atoms with Crippen molar-refractivity contribution in [2.45, 2.75) is 87.7 Å². The maximum Gasteiger partial charge on any atom is 0.306 e. The van der Waals surface area contributed by atoms with Crippen LogP contribution in [0.3, 0.4) is 0 Å². The molecule has 0 N–H and O–H groups in total. The van der Waals surface area contributed by atoms with Crippen LogP contribution < -0.4 is 0 Å². The van der Waals surface area contributed by atoms with Crippen LogP contribution in [0.1, 0.15) is 87.2 Å². The summed E-state index contributed by atoms with van der Waals surface area (Å²) in [7, 11) is 0. The predicted molar refractivity (Wildman–Crippen MR) is 149 cm³/mol. The topological polar surface area (TPSA) is 32.8 Å². The lowest BCUT2D eigenvalue weighted by molar-refractivity contribution is -0.168. The molecule has 2 aromatic carbocycles. The van der Waals surface area contributed by atoms with Crippen molar-refractivity contribution < 1.29 is 9.53 Å². The maximum absolute atomic E-state index is 13.3. The highest BCUT2D eigenvalue weighted by atomic mass is 16.5. The molecule has 0 aromatic heterocycles. The number of carbonyl (C=O) groups excluding carboxylic acids is 1. The molecule has 198 valence electrons. The van der Waals surface area contributed by atoms with E-state index in [-0.39, 0.29) is 17.6 Å². The fourth-order valence-electron chi connectivity index (χ4n) is 8.29. The van der Waals surface area contributed by atoms with Crippen molar-refractivity contribution in [2.24, 2.45) is 5.92 Å². The van der Waals surface area contributed by atoms with Gasteiger partial charge in [-0.15, -0.1) is 0 Å². The van der Waals surface area contributed by atoms with E-state index in [0.717, 1.165) is 19.4 Å². The molecule has 2 aromatic rings. The van der Waals surface area contributed by atoms with Crippen LogP contribution in [0.5, 0.6) is 0 Å². The van der Waals surface area contributed by atoms with E-state index in [0.29, 0.717) is 24.2 Å². The number of esters is 1. The van der Waals surface area contributed by atoms with Crippen molar-refractivity contribution in [2.75, 3.05) is 32.7 Å². The molecular formula is C33H44N2O2. The first kappa shape index (κ1) is 25.1. The third-order valence-corrected chi connectivity index (χ3v) is 9.96. The van der Waals surface area contributed by atoms with Crippen LogP contribution >= 0.6 is 0 Å². The van der Waals surface area contributed by atoms with E-state index in [1.54, 1.807) is 0 Å². The van der Waals surface area contributed by atoms with Gasteiger partial charge in [-0.3, -0.25) is 9.69 Å². The van der Waals surface area contributed by atoms with Gasteiger partial charge < -0.3 is 9.64 Å².